The first-order valence-electron chi connectivity index (χ1n) is 8.34. The molecule has 0 aromatic carbocycles. The first-order valence-corrected chi connectivity index (χ1v) is 9.78. The molecule has 0 bridgehead atoms. The van der Waals surface area contributed by atoms with E-state index in [2.05, 4.69) is 26.5 Å². The highest BCUT2D eigenvalue weighted by atomic mass is 32.2. The van der Waals surface area contributed by atoms with Crippen molar-refractivity contribution in [2.75, 3.05) is 31.1 Å². The van der Waals surface area contributed by atoms with Crippen LogP contribution in [-0.2, 0) is 10.2 Å². The van der Waals surface area contributed by atoms with Gasteiger partial charge >= 0.3 is 0 Å². The quantitative estimate of drug-likeness (QED) is 0.886. The molecule has 1 aromatic rings. The molecule has 3 rings (SSSR count). The van der Waals surface area contributed by atoms with Gasteiger partial charge in [-0.1, -0.05) is 6.92 Å². The summed E-state index contributed by atoms with van der Waals surface area (Å²) in [6.45, 7) is 4.83. The van der Waals surface area contributed by atoms with Gasteiger partial charge < -0.3 is 4.90 Å². The molecule has 1 N–H and O–H groups in total. The summed E-state index contributed by atoms with van der Waals surface area (Å²) in [6, 6.07) is 1.69. The van der Waals surface area contributed by atoms with Crippen molar-refractivity contribution in [2.45, 2.75) is 38.6 Å². The number of rotatable bonds is 4. The number of nitrogens with one attached hydrogen (secondary N) is 1. The van der Waals surface area contributed by atoms with Crippen molar-refractivity contribution in [3.8, 4) is 0 Å². The first-order chi connectivity index (χ1) is 11.0. The monoisotopic (exact) mass is 339 g/mol. The second-order valence-corrected chi connectivity index (χ2v) is 8.26. The molecule has 23 heavy (non-hydrogen) atoms. The van der Waals surface area contributed by atoms with Crippen LogP contribution in [0.1, 0.15) is 32.6 Å². The molecular formula is C15H25N5O2S. The fourth-order valence-corrected chi connectivity index (χ4v) is 4.94. The van der Waals surface area contributed by atoms with E-state index in [0.29, 0.717) is 31.5 Å². The van der Waals surface area contributed by atoms with Crippen LogP contribution in [0.4, 0.5) is 5.95 Å². The number of hydrogen-bond acceptors (Lipinski definition) is 5. The van der Waals surface area contributed by atoms with Crippen molar-refractivity contribution in [1.82, 2.24) is 19.0 Å². The van der Waals surface area contributed by atoms with Gasteiger partial charge in [0.05, 0.1) is 0 Å². The fraction of sp³-hybridized carbons (Fsp3) is 0.733. The Hall–Kier alpha value is -1.25. The van der Waals surface area contributed by atoms with Gasteiger partial charge in [0.2, 0.25) is 5.95 Å². The van der Waals surface area contributed by atoms with Gasteiger partial charge in [-0.2, -0.15) is 17.4 Å². The minimum Gasteiger partial charge on any atom is -0.339 e. The van der Waals surface area contributed by atoms with Gasteiger partial charge in [0, 0.05) is 44.6 Å². The number of nitrogens with zero attached hydrogens (tertiary/aromatic N) is 4. The zero-order valence-electron chi connectivity index (χ0n) is 13.6. The highest BCUT2D eigenvalue weighted by Crippen LogP contribution is 2.20. The Morgan fingerprint density at radius 3 is 2.61 bits per heavy atom. The minimum absolute atomic E-state index is 0.0882. The van der Waals surface area contributed by atoms with Crippen LogP contribution < -0.4 is 9.62 Å². The Balaban J connectivity index is 1.63. The van der Waals surface area contributed by atoms with Crippen LogP contribution in [-0.4, -0.2) is 54.9 Å². The molecule has 2 atom stereocenters. The van der Waals surface area contributed by atoms with Crippen LogP contribution in [0, 0.1) is 5.92 Å². The summed E-state index contributed by atoms with van der Waals surface area (Å²) in [6.07, 6.45) is 7.26. The average Bonchev–Trinajstić information content (AvgIpc) is 2.55. The van der Waals surface area contributed by atoms with E-state index in [1.54, 1.807) is 22.8 Å². The van der Waals surface area contributed by atoms with Crippen molar-refractivity contribution in [2.24, 2.45) is 5.92 Å². The molecule has 7 nitrogen and oxygen atoms in total. The number of anilines is 1. The summed E-state index contributed by atoms with van der Waals surface area (Å²) < 4.78 is 29.7. The molecule has 2 unspecified atom stereocenters. The van der Waals surface area contributed by atoms with Gasteiger partial charge in [0.25, 0.3) is 10.2 Å². The van der Waals surface area contributed by atoms with E-state index in [4.69, 9.17) is 0 Å². The lowest BCUT2D eigenvalue weighted by atomic mass is 10.0. The van der Waals surface area contributed by atoms with Crippen LogP contribution in [0.3, 0.4) is 0 Å². The van der Waals surface area contributed by atoms with Crippen LogP contribution in [0.15, 0.2) is 18.5 Å². The number of hydrogen-bond donors (Lipinski definition) is 1. The van der Waals surface area contributed by atoms with Gasteiger partial charge in [0.1, 0.15) is 0 Å². The lowest BCUT2D eigenvalue weighted by molar-refractivity contribution is 0.275. The summed E-state index contributed by atoms with van der Waals surface area (Å²) >= 11 is 0. The van der Waals surface area contributed by atoms with Crippen molar-refractivity contribution in [3.63, 3.8) is 0 Å². The van der Waals surface area contributed by atoms with E-state index in [9.17, 15) is 8.42 Å². The summed E-state index contributed by atoms with van der Waals surface area (Å²) in [4.78, 5) is 10.6. The highest BCUT2D eigenvalue weighted by Gasteiger charge is 2.31. The van der Waals surface area contributed by atoms with Crippen LogP contribution in [0.5, 0.6) is 0 Å². The van der Waals surface area contributed by atoms with Crippen molar-refractivity contribution in [1.29, 1.82) is 0 Å². The molecule has 8 heteroatoms. The second kappa shape index (κ2) is 7.11. The zero-order valence-corrected chi connectivity index (χ0v) is 14.4. The third kappa shape index (κ3) is 4.19. The smallest absolute Gasteiger partial charge is 0.279 e. The van der Waals surface area contributed by atoms with Gasteiger partial charge in [-0.3, -0.25) is 0 Å². The maximum absolute atomic E-state index is 12.6. The molecule has 2 aliphatic heterocycles. The number of piperidine rings is 2. The standard InChI is InChI=1S/C15H25N5O2S/c1-13-5-2-10-20(11-13)23(21,22)18-14-6-3-9-19(12-14)15-16-7-4-8-17-15/h4,7-8,13-14,18H,2-3,5-6,9-12H2,1H3. The summed E-state index contributed by atoms with van der Waals surface area (Å²) in [5.74, 6) is 1.10. The lowest BCUT2D eigenvalue weighted by Gasteiger charge is -2.35. The third-order valence-electron chi connectivity index (χ3n) is 4.53. The van der Waals surface area contributed by atoms with Gasteiger partial charge in [-0.05, 0) is 37.7 Å². The number of aromatic nitrogens is 2. The van der Waals surface area contributed by atoms with E-state index in [1.807, 2.05) is 0 Å². The molecule has 0 aliphatic carbocycles. The molecule has 3 heterocycles. The van der Waals surface area contributed by atoms with Crippen LogP contribution >= 0.6 is 0 Å². The normalized spacial score (nSPS) is 27.1. The molecule has 0 radical (unpaired) electrons. The first kappa shape index (κ1) is 16.6. The van der Waals surface area contributed by atoms with Crippen molar-refractivity contribution in [3.05, 3.63) is 18.5 Å². The van der Waals surface area contributed by atoms with E-state index in [1.165, 1.54) is 0 Å². The summed E-state index contributed by atoms with van der Waals surface area (Å²) in [7, 11) is -3.41. The van der Waals surface area contributed by atoms with Crippen LogP contribution in [0.2, 0.25) is 0 Å². The minimum atomic E-state index is -3.41. The molecule has 0 saturated carbocycles. The maximum Gasteiger partial charge on any atom is 0.279 e. The van der Waals surface area contributed by atoms with Crippen LogP contribution in [0.25, 0.3) is 0 Å². The molecule has 2 aliphatic rings. The predicted molar refractivity (Wildman–Crippen MR) is 89.3 cm³/mol. The Morgan fingerprint density at radius 1 is 1.13 bits per heavy atom. The van der Waals surface area contributed by atoms with E-state index < -0.39 is 10.2 Å². The zero-order chi connectivity index (χ0) is 16.3. The summed E-state index contributed by atoms with van der Waals surface area (Å²) in [5.41, 5.74) is 0. The molecule has 2 saturated heterocycles. The predicted octanol–water partition coefficient (Wildman–Crippen LogP) is 1.01. The van der Waals surface area contributed by atoms with E-state index in [0.717, 1.165) is 32.2 Å². The van der Waals surface area contributed by atoms with E-state index >= 15 is 0 Å². The topological polar surface area (TPSA) is 78.4 Å². The average molecular weight is 339 g/mol. The van der Waals surface area contributed by atoms with Gasteiger partial charge in [-0.15, -0.1) is 0 Å². The lowest BCUT2D eigenvalue weighted by Crippen LogP contribution is -2.53. The fourth-order valence-electron chi connectivity index (χ4n) is 3.36. The van der Waals surface area contributed by atoms with Crippen molar-refractivity contribution < 1.29 is 8.42 Å². The SMILES string of the molecule is CC1CCCN(S(=O)(=O)NC2CCCN(c3ncccn3)C2)C1. The molecule has 1 aromatic heterocycles. The molecule has 128 valence electrons. The van der Waals surface area contributed by atoms with Gasteiger partial charge in [0.15, 0.2) is 0 Å². The Kier molecular flexibility index (Phi) is 5.13. The van der Waals surface area contributed by atoms with Gasteiger partial charge in [-0.25, -0.2) is 9.97 Å². The second-order valence-electron chi connectivity index (χ2n) is 6.56. The summed E-state index contributed by atoms with van der Waals surface area (Å²) in [5, 5.41) is 0. The third-order valence-corrected chi connectivity index (χ3v) is 6.17. The molecule has 2 fully saturated rings. The Morgan fingerprint density at radius 2 is 1.87 bits per heavy atom. The maximum atomic E-state index is 12.6. The highest BCUT2D eigenvalue weighted by molar-refractivity contribution is 7.87. The Bertz CT molecular complexity index is 610. The Labute approximate surface area is 138 Å². The molecule has 0 amide bonds. The van der Waals surface area contributed by atoms with E-state index in [-0.39, 0.29) is 6.04 Å². The largest absolute Gasteiger partial charge is 0.339 e. The van der Waals surface area contributed by atoms with Crippen molar-refractivity contribution >= 4 is 16.2 Å². The molecule has 0 spiro atoms. The molecular weight excluding hydrogens is 314 g/mol.